The molecule has 1 saturated heterocycles. The summed E-state index contributed by atoms with van der Waals surface area (Å²) in [5.41, 5.74) is -1.32. The number of epoxide rings is 1. The molecule has 0 radical (unpaired) electrons. The summed E-state index contributed by atoms with van der Waals surface area (Å²) in [4.78, 5) is 27.3. The highest BCUT2D eigenvalue weighted by molar-refractivity contribution is 6.14. The van der Waals surface area contributed by atoms with Crippen molar-refractivity contribution in [1.82, 2.24) is 0 Å². The zero-order chi connectivity index (χ0) is 22.1. The van der Waals surface area contributed by atoms with Gasteiger partial charge in [0.15, 0.2) is 11.2 Å². The van der Waals surface area contributed by atoms with Crippen LogP contribution in [0.15, 0.2) is 84.9 Å². The highest BCUT2D eigenvalue weighted by Crippen LogP contribution is 2.61. The predicted molar refractivity (Wildman–Crippen MR) is 117 cm³/mol. The van der Waals surface area contributed by atoms with Gasteiger partial charge in [0.2, 0.25) is 5.78 Å². The van der Waals surface area contributed by atoms with Crippen molar-refractivity contribution in [1.29, 1.82) is 0 Å². The van der Waals surface area contributed by atoms with E-state index < -0.39 is 17.0 Å². The molecular formula is C26H24FNO3. The van der Waals surface area contributed by atoms with Crippen LogP contribution in [-0.4, -0.2) is 17.3 Å². The Hall–Kier alpha value is -3.31. The van der Waals surface area contributed by atoms with Crippen molar-refractivity contribution in [3.8, 4) is 0 Å². The van der Waals surface area contributed by atoms with E-state index in [1.165, 1.54) is 24.3 Å². The first-order chi connectivity index (χ1) is 14.9. The second-order valence-corrected chi connectivity index (χ2v) is 8.23. The quantitative estimate of drug-likeness (QED) is 0.416. The highest BCUT2D eigenvalue weighted by atomic mass is 19.1. The van der Waals surface area contributed by atoms with Crippen molar-refractivity contribution in [3.05, 3.63) is 102 Å². The van der Waals surface area contributed by atoms with Crippen LogP contribution in [0.4, 0.5) is 10.1 Å². The molecule has 1 aliphatic heterocycles. The predicted octanol–water partition coefficient (Wildman–Crippen LogP) is 5.36. The Morgan fingerprint density at radius 3 is 2.06 bits per heavy atom. The Bertz CT molecular complexity index is 1080. The number of benzene rings is 3. The number of ketones is 1. The first kappa shape index (κ1) is 20.9. The molecule has 1 amide bonds. The van der Waals surface area contributed by atoms with E-state index >= 15 is 0 Å². The SMILES string of the molecule is CC(C)C[C@]1(C(=O)Nc2ccccc2)O[C@@]1(C(=O)c1ccc(F)cc1)c1ccccc1. The molecule has 3 aromatic carbocycles. The number of hydrogen-bond donors (Lipinski definition) is 1. The number of carbonyl (C=O) groups is 2. The van der Waals surface area contributed by atoms with Crippen LogP contribution in [-0.2, 0) is 15.1 Å². The van der Waals surface area contributed by atoms with Gasteiger partial charge in [-0.25, -0.2) is 4.39 Å². The van der Waals surface area contributed by atoms with Crippen molar-refractivity contribution >= 4 is 17.4 Å². The molecular weight excluding hydrogens is 393 g/mol. The van der Waals surface area contributed by atoms with Gasteiger partial charge in [0.25, 0.3) is 5.91 Å². The fourth-order valence-corrected chi connectivity index (χ4v) is 4.18. The number of Topliss-reactive ketones (excluding diaryl/α,β-unsaturated/α-hetero) is 1. The maximum absolute atomic E-state index is 13.8. The van der Waals surface area contributed by atoms with Gasteiger partial charge in [-0.2, -0.15) is 0 Å². The molecule has 1 heterocycles. The molecule has 0 unspecified atom stereocenters. The average molecular weight is 417 g/mol. The third-order valence-electron chi connectivity index (χ3n) is 5.55. The van der Waals surface area contributed by atoms with Gasteiger partial charge in [0, 0.05) is 11.3 Å². The molecule has 0 aliphatic carbocycles. The lowest BCUT2D eigenvalue weighted by molar-refractivity contribution is -0.121. The molecule has 1 aliphatic rings. The molecule has 1 N–H and O–H groups in total. The van der Waals surface area contributed by atoms with Gasteiger partial charge in [0.1, 0.15) is 5.82 Å². The van der Waals surface area contributed by atoms with Crippen LogP contribution in [0, 0.1) is 11.7 Å². The van der Waals surface area contributed by atoms with E-state index in [1.54, 1.807) is 24.3 Å². The minimum Gasteiger partial charge on any atom is -0.338 e. The van der Waals surface area contributed by atoms with Crippen LogP contribution < -0.4 is 5.32 Å². The first-order valence-electron chi connectivity index (χ1n) is 10.3. The van der Waals surface area contributed by atoms with E-state index in [2.05, 4.69) is 5.32 Å². The fourth-order valence-electron chi connectivity index (χ4n) is 4.18. The number of nitrogens with one attached hydrogen (secondary N) is 1. The van der Waals surface area contributed by atoms with E-state index in [9.17, 15) is 14.0 Å². The lowest BCUT2D eigenvalue weighted by atomic mass is 9.76. The number of hydrogen-bond acceptors (Lipinski definition) is 3. The van der Waals surface area contributed by atoms with Gasteiger partial charge < -0.3 is 10.1 Å². The van der Waals surface area contributed by atoms with E-state index in [0.29, 0.717) is 23.2 Å². The lowest BCUT2D eigenvalue weighted by Crippen LogP contribution is -2.42. The van der Waals surface area contributed by atoms with Crippen LogP contribution in [0.1, 0.15) is 36.2 Å². The Morgan fingerprint density at radius 1 is 0.903 bits per heavy atom. The standard InChI is InChI=1S/C26H24FNO3/c1-18(2)17-25(24(30)28-22-11-7-4-8-12-22)26(31-25,20-9-5-3-6-10-20)23(29)19-13-15-21(27)16-14-19/h3-16,18H,17H2,1-2H3,(H,28,30)/t25-,26-/m1/s1. The molecule has 1 fully saturated rings. The topological polar surface area (TPSA) is 58.7 Å². The number of ether oxygens (including phenoxy) is 1. The number of carbonyl (C=O) groups excluding carboxylic acids is 2. The number of anilines is 1. The zero-order valence-electron chi connectivity index (χ0n) is 17.5. The normalized spacial score (nSPS) is 22.2. The van der Waals surface area contributed by atoms with Gasteiger partial charge in [-0.1, -0.05) is 62.4 Å². The molecule has 31 heavy (non-hydrogen) atoms. The second-order valence-electron chi connectivity index (χ2n) is 8.23. The monoisotopic (exact) mass is 417 g/mol. The van der Waals surface area contributed by atoms with Crippen LogP contribution in [0.5, 0.6) is 0 Å². The first-order valence-corrected chi connectivity index (χ1v) is 10.3. The Balaban J connectivity index is 1.81. The molecule has 4 rings (SSSR count). The Labute approximate surface area is 181 Å². The summed E-state index contributed by atoms with van der Waals surface area (Å²) in [6.07, 6.45) is 0.355. The summed E-state index contributed by atoms with van der Waals surface area (Å²) in [5, 5.41) is 2.91. The smallest absolute Gasteiger partial charge is 0.260 e. The molecule has 0 saturated carbocycles. The highest BCUT2D eigenvalue weighted by Gasteiger charge is 2.79. The maximum atomic E-state index is 13.8. The van der Waals surface area contributed by atoms with Crippen LogP contribution in [0.3, 0.4) is 0 Å². The molecule has 0 spiro atoms. The Morgan fingerprint density at radius 2 is 1.48 bits per heavy atom. The largest absolute Gasteiger partial charge is 0.338 e. The zero-order valence-corrected chi connectivity index (χ0v) is 17.5. The number of halogens is 1. The van der Waals surface area contributed by atoms with E-state index in [0.717, 1.165) is 0 Å². The van der Waals surface area contributed by atoms with E-state index in [-0.39, 0.29) is 17.6 Å². The minimum atomic E-state index is -1.48. The van der Waals surface area contributed by atoms with E-state index in [4.69, 9.17) is 4.74 Å². The summed E-state index contributed by atoms with van der Waals surface area (Å²) in [7, 11) is 0. The van der Waals surface area contributed by atoms with Gasteiger partial charge in [-0.3, -0.25) is 9.59 Å². The second kappa shape index (κ2) is 8.08. The maximum Gasteiger partial charge on any atom is 0.260 e. The minimum absolute atomic E-state index is 0.0909. The summed E-state index contributed by atoms with van der Waals surface area (Å²) in [6, 6.07) is 23.5. The van der Waals surface area contributed by atoms with Crippen LogP contribution in [0.2, 0.25) is 0 Å². The lowest BCUT2D eigenvalue weighted by Gasteiger charge is -2.21. The molecule has 0 aromatic heterocycles. The summed E-state index contributed by atoms with van der Waals surface area (Å²) >= 11 is 0. The molecule has 3 aromatic rings. The molecule has 2 atom stereocenters. The van der Waals surface area contributed by atoms with Crippen LogP contribution >= 0.6 is 0 Å². The average Bonchev–Trinajstić information content (AvgIpc) is 3.45. The number of amides is 1. The molecule has 0 bridgehead atoms. The van der Waals surface area contributed by atoms with Gasteiger partial charge >= 0.3 is 0 Å². The van der Waals surface area contributed by atoms with Gasteiger partial charge in [-0.05, 0) is 54.3 Å². The molecule has 158 valence electrons. The third kappa shape index (κ3) is 3.66. The number of para-hydroxylation sites is 1. The van der Waals surface area contributed by atoms with Gasteiger partial charge in [-0.15, -0.1) is 0 Å². The van der Waals surface area contributed by atoms with Crippen molar-refractivity contribution in [2.45, 2.75) is 31.5 Å². The Kier molecular flexibility index (Phi) is 5.46. The van der Waals surface area contributed by atoms with Crippen molar-refractivity contribution in [2.24, 2.45) is 5.92 Å². The van der Waals surface area contributed by atoms with Crippen LogP contribution in [0.25, 0.3) is 0 Å². The summed E-state index contributed by atoms with van der Waals surface area (Å²) < 4.78 is 19.7. The third-order valence-corrected chi connectivity index (χ3v) is 5.55. The van der Waals surface area contributed by atoms with Gasteiger partial charge in [0.05, 0.1) is 0 Å². The van der Waals surface area contributed by atoms with Crippen molar-refractivity contribution in [3.63, 3.8) is 0 Å². The molecule has 4 nitrogen and oxygen atoms in total. The fraction of sp³-hybridized carbons (Fsp3) is 0.231. The van der Waals surface area contributed by atoms with Crippen molar-refractivity contribution in [2.75, 3.05) is 5.32 Å². The van der Waals surface area contributed by atoms with Crippen molar-refractivity contribution < 1.29 is 18.7 Å². The molecule has 5 heteroatoms. The summed E-state index contributed by atoms with van der Waals surface area (Å²) in [5.74, 6) is -1.07. The number of rotatable bonds is 7. The summed E-state index contributed by atoms with van der Waals surface area (Å²) in [6.45, 7) is 3.97. The van der Waals surface area contributed by atoms with E-state index in [1.807, 2.05) is 50.2 Å².